The molecule has 122 valence electrons. The molecule has 1 N–H and O–H groups in total. The van der Waals surface area contributed by atoms with Gasteiger partial charge in [-0.3, -0.25) is 4.79 Å². The van der Waals surface area contributed by atoms with Crippen LogP contribution in [-0.2, 0) is 14.3 Å². The summed E-state index contributed by atoms with van der Waals surface area (Å²) >= 11 is 0. The van der Waals surface area contributed by atoms with E-state index in [9.17, 15) is 9.59 Å². The van der Waals surface area contributed by atoms with Crippen LogP contribution in [0.1, 0.15) is 37.8 Å². The molecule has 1 amide bonds. The first-order valence-corrected chi connectivity index (χ1v) is 7.42. The number of carbonyl (C=O) groups is 2. The Bertz CT molecular complexity index is 541. The number of methoxy groups -OCH3 is 1. The maximum absolute atomic E-state index is 12.0. The quantitative estimate of drug-likeness (QED) is 0.786. The van der Waals surface area contributed by atoms with Crippen molar-refractivity contribution in [3.63, 3.8) is 0 Å². The van der Waals surface area contributed by atoms with E-state index in [0.717, 1.165) is 17.5 Å². The monoisotopic (exact) mass is 307 g/mol. The minimum Gasteiger partial charge on any atom is -0.484 e. The Morgan fingerprint density at radius 2 is 1.91 bits per heavy atom. The minimum absolute atomic E-state index is 0.140. The second kappa shape index (κ2) is 7.82. The lowest BCUT2D eigenvalue weighted by Gasteiger charge is -2.27. The molecule has 0 saturated carbocycles. The summed E-state index contributed by atoms with van der Waals surface area (Å²) in [7, 11) is 1.31. The summed E-state index contributed by atoms with van der Waals surface area (Å²) in [6, 6.07) is 5.65. The Hall–Kier alpha value is -2.04. The molecule has 1 unspecified atom stereocenters. The van der Waals surface area contributed by atoms with Crippen LogP contribution in [-0.4, -0.2) is 31.1 Å². The van der Waals surface area contributed by atoms with Crippen molar-refractivity contribution in [2.24, 2.45) is 0 Å². The van der Waals surface area contributed by atoms with Crippen LogP contribution >= 0.6 is 0 Å². The van der Waals surface area contributed by atoms with Gasteiger partial charge in [0, 0.05) is 0 Å². The van der Waals surface area contributed by atoms with Gasteiger partial charge in [-0.1, -0.05) is 19.4 Å². The molecule has 0 aromatic heterocycles. The van der Waals surface area contributed by atoms with E-state index in [1.807, 2.05) is 39.0 Å². The van der Waals surface area contributed by atoms with Crippen molar-refractivity contribution in [1.82, 2.24) is 5.32 Å². The molecule has 0 fully saturated rings. The highest BCUT2D eigenvalue weighted by atomic mass is 16.5. The lowest BCUT2D eigenvalue weighted by molar-refractivity contribution is -0.150. The second-order valence-electron chi connectivity index (χ2n) is 5.66. The molecule has 0 radical (unpaired) electrons. The largest absolute Gasteiger partial charge is 0.484 e. The van der Waals surface area contributed by atoms with E-state index < -0.39 is 11.5 Å². The van der Waals surface area contributed by atoms with Gasteiger partial charge in [0.2, 0.25) is 0 Å². The SMILES string of the molecule is CCCC(C)(NC(=O)COc1ccc(C)c(C)c1)C(=O)OC. The summed E-state index contributed by atoms with van der Waals surface area (Å²) in [4.78, 5) is 23.9. The number of rotatable bonds is 7. The highest BCUT2D eigenvalue weighted by molar-refractivity contribution is 5.88. The van der Waals surface area contributed by atoms with E-state index in [2.05, 4.69) is 5.32 Å². The van der Waals surface area contributed by atoms with Crippen molar-refractivity contribution in [1.29, 1.82) is 0 Å². The normalized spacial score (nSPS) is 13.1. The number of hydrogen-bond acceptors (Lipinski definition) is 4. The molecule has 0 aliphatic rings. The van der Waals surface area contributed by atoms with Crippen LogP contribution in [0.15, 0.2) is 18.2 Å². The first kappa shape index (κ1) is 18.0. The first-order valence-electron chi connectivity index (χ1n) is 7.42. The van der Waals surface area contributed by atoms with E-state index >= 15 is 0 Å². The Kier molecular flexibility index (Phi) is 6.40. The smallest absolute Gasteiger partial charge is 0.331 e. The van der Waals surface area contributed by atoms with Crippen molar-refractivity contribution in [3.05, 3.63) is 29.3 Å². The van der Waals surface area contributed by atoms with Gasteiger partial charge in [-0.25, -0.2) is 4.79 Å². The highest BCUT2D eigenvalue weighted by Gasteiger charge is 2.35. The molecular weight excluding hydrogens is 282 g/mol. The summed E-state index contributed by atoms with van der Waals surface area (Å²) < 4.78 is 10.2. The number of esters is 1. The Morgan fingerprint density at radius 1 is 1.23 bits per heavy atom. The van der Waals surface area contributed by atoms with Crippen LogP contribution in [0.5, 0.6) is 5.75 Å². The molecule has 22 heavy (non-hydrogen) atoms. The van der Waals surface area contributed by atoms with E-state index in [4.69, 9.17) is 9.47 Å². The minimum atomic E-state index is -1.02. The summed E-state index contributed by atoms with van der Waals surface area (Å²) in [6.45, 7) is 7.46. The molecular formula is C17H25NO4. The third-order valence-electron chi connectivity index (χ3n) is 3.65. The van der Waals surface area contributed by atoms with Crippen LogP contribution < -0.4 is 10.1 Å². The molecule has 0 aliphatic heterocycles. The number of carbonyl (C=O) groups excluding carboxylic acids is 2. The molecule has 1 aromatic rings. The molecule has 1 atom stereocenters. The van der Waals surface area contributed by atoms with Crippen molar-refractivity contribution in [3.8, 4) is 5.75 Å². The predicted octanol–water partition coefficient (Wildman–Crippen LogP) is 2.53. The fourth-order valence-corrected chi connectivity index (χ4v) is 2.24. The van der Waals surface area contributed by atoms with Crippen LogP contribution in [0.25, 0.3) is 0 Å². The lowest BCUT2D eigenvalue weighted by Crippen LogP contribution is -2.53. The molecule has 1 aromatic carbocycles. The van der Waals surface area contributed by atoms with Gasteiger partial charge >= 0.3 is 5.97 Å². The number of nitrogens with one attached hydrogen (secondary N) is 1. The Labute approximate surface area is 132 Å². The molecule has 5 nitrogen and oxygen atoms in total. The van der Waals surface area contributed by atoms with Crippen molar-refractivity contribution < 1.29 is 19.1 Å². The van der Waals surface area contributed by atoms with Crippen LogP contribution in [0.4, 0.5) is 0 Å². The van der Waals surface area contributed by atoms with Crippen molar-refractivity contribution >= 4 is 11.9 Å². The molecule has 1 rings (SSSR count). The van der Waals surface area contributed by atoms with Crippen LogP contribution in [0.3, 0.4) is 0 Å². The maximum atomic E-state index is 12.0. The van der Waals surface area contributed by atoms with Gasteiger partial charge in [0.05, 0.1) is 7.11 Å². The zero-order valence-corrected chi connectivity index (χ0v) is 14.0. The lowest BCUT2D eigenvalue weighted by atomic mass is 9.96. The van der Waals surface area contributed by atoms with Crippen molar-refractivity contribution in [2.75, 3.05) is 13.7 Å². The second-order valence-corrected chi connectivity index (χ2v) is 5.66. The Balaban J connectivity index is 2.64. The zero-order chi connectivity index (χ0) is 16.8. The third-order valence-corrected chi connectivity index (χ3v) is 3.65. The maximum Gasteiger partial charge on any atom is 0.331 e. The summed E-state index contributed by atoms with van der Waals surface area (Å²) in [6.07, 6.45) is 1.26. The summed E-state index contributed by atoms with van der Waals surface area (Å²) in [5.41, 5.74) is 1.24. The van der Waals surface area contributed by atoms with Gasteiger partial charge in [0.25, 0.3) is 5.91 Å². The standard InChI is InChI=1S/C17H25NO4/c1-6-9-17(4,16(20)21-5)18-15(19)11-22-14-8-7-12(2)13(3)10-14/h7-8,10H,6,9,11H2,1-5H3,(H,18,19). The van der Waals surface area contributed by atoms with Gasteiger partial charge in [-0.05, 0) is 50.5 Å². The van der Waals surface area contributed by atoms with Gasteiger partial charge in [0.1, 0.15) is 11.3 Å². The fraction of sp³-hybridized carbons (Fsp3) is 0.529. The van der Waals surface area contributed by atoms with E-state index in [-0.39, 0.29) is 12.5 Å². The average Bonchev–Trinajstić information content (AvgIpc) is 2.47. The van der Waals surface area contributed by atoms with Crippen molar-refractivity contribution in [2.45, 2.75) is 46.1 Å². The third kappa shape index (κ3) is 4.76. The Morgan fingerprint density at radius 3 is 2.45 bits per heavy atom. The molecule has 5 heteroatoms. The van der Waals surface area contributed by atoms with Crippen LogP contribution in [0.2, 0.25) is 0 Å². The summed E-state index contributed by atoms with van der Waals surface area (Å²) in [5, 5.41) is 2.70. The van der Waals surface area contributed by atoms with Crippen LogP contribution in [0, 0.1) is 13.8 Å². The van der Waals surface area contributed by atoms with Gasteiger partial charge in [0.15, 0.2) is 6.61 Å². The van der Waals surface area contributed by atoms with E-state index in [0.29, 0.717) is 12.2 Å². The summed E-state index contributed by atoms with van der Waals surface area (Å²) in [5.74, 6) is -0.165. The van der Waals surface area contributed by atoms with Gasteiger partial charge in [-0.2, -0.15) is 0 Å². The molecule has 0 spiro atoms. The number of aryl methyl sites for hydroxylation is 2. The first-order chi connectivity index (χ1) is 10.3. The fourth-order valence-electron chi connectivity index (χ4n) is 2.24. The molecule has 0 heterocycles. The highest BCUT2D eigenvalue weighted by Crippen LogP contribution is 2.17. The molecule has 0 bridgehead atoms. The number of amides is 1. The van der Waals surface area contributed by atoms with E-state index in [1.54, 1.807) is 6.92 Å². The van der Waals surface area contributed by atoms with Gasteiger partial charge < -0.3 is 14.8 Å². The molecule has 0 aliphatic carbocycles. The molecule has 0 saturated heterocycles. The predicted molar refractivity (Wildman–Crippen MR) is 84.9 cm³/mol. The average molecular weight is 307 g/mol. The topological polar surface area (TPSA) is 64.6 Å². The number of benzene rings is 1. The number of ether oxygens (including phenoxy) is 2. The van der Waals surface area contributed by atoms with Gasteiger partial charge in [-0.15, -0.1) is 0 Å². The zero-order valence-electron chi connectivity index (χ0n) is 14.0. The number of hydrogen-bond donors (Lipinski definition) is 1. The van der Waals surface area contributed by atoms with E-state index in [1.165, 1.54) is 7.11 Å².